The molecule has 2 rings (SSSR count). The zero-order valence-electron chi connectivity index (χ0n) is 10.8. The lowest BCUT2D eigenvalue weighted by atomic mass is 10.1. The van der Waals surface area contributed by atoms with E-state index in [2.05, 4.69) is 21.8 Å². The minimum absolute atomic E-state index is 0.164. The van der Waals surface area contributed by atoms with E-state index in [4.69, 9.17) is 11.5 Å². The molecule has 2 heterocycles. The molecule has 1 unspecified atom stereocenters. The number of rotatable bonds is 4. The second-order valence-electron chi connectivity index (χ2n) is 4.56. The van der Waals surface area contributed by atoms with Crippen LogP contribution in [0.1, 0.15) is 22.5 Å². The van der Waals surface area contributed by atoms with Crippen molar-refractivity contribution in [2.45, 2.75) is 18.9 Å². The Morgan fingerprint density at radius 2 is 2.47 bits per heavy atom. The zero-order chi connectivity index (χ0) is 13.8. The van der Waals surface area contributed by atoms with Gasteiger partial charge in [-0.05, 0) is 12.8 Å². The van der Waals surface area contributed by atoms with Crippen molar-refractivity contribution in [2.24, 2.45) is 5.73 Å². The lowest BCUT2D eigenvalue weighted by Gasteiger charge is -2.30. The van der Waals surface area contributed by atoms with Gasteiger partial charge in [-0.2, -0.15) is 0 Å². The van der Waals surface area contributed by atoms with Crippen molar-refractivity contribution in [1.82, 2.24) is 10.3 Å². The van der Waals surface area contributed by atoms with Gasteiger partial charge in [0, 0.05) is 25.7 Å². The van der Waals surface area contributed by atoms with E-state index >= 15 is 0 Å². The molecule has 6 nitrogen and oxygen atoms in total. The summed E-state index contributed by atoms with van der Waals surface area (Å²) < 4.78 is 0. The van der Waals surface area contributed by atoms with E-state index in [1.165, 1.54) is 11.3 Å². The Balaban J connectivity index is 2.11. The lowest BCUT2D eigenvalue weighted by Crippen LogP contribution is -2.42. The molecule has 1 amide bonds. The van der Waals surface area contributed by atoms with Crippen LogP contribution < -0.4 is 21.7 Å². The average Bonchev–Trinajstić information content (AvgIpc) is 2.78. The van der Waals surface area contributed by atoms with Crippen LogP contribution in [-0.4, -0.2) is 36.6 Å². The van der Waals surface area contributed by atoms with Gasteiger partial charge in [0.15, 0.2) is 5.13 Å². The number of carbonyl (C=O) groups excluding carboxylic acids is 1. The predicted octanol–water partition coefficient (Wildman–Crippen LogP) is 0.569. The third kappa shape index (κ3) is 3.24. The molecule has 0 radical (unpaired) electrons. The van der Waals surface area contributed by atoms with Gasteiger partial charge >= 0.3 is 0 Å². The Hall–Kier alpha value is -1.60. The fourth-order valence-electron chi connectivity index (χ4n) is 2.05. The molecule has 5 N–H and O–H groups in total. The number of nitrogens with zero attached hydrogens (tertiary/aromatic N) is 2. The fourth-order valence-corrected chi connectivity index (χ4v) is 2.98. The molecule has 0 aliphatic carbocycles. The topological polar surface area (TPSA) is 97.3 Å². The van der Waals surface area contributed by atoms with Crippen LogP contribution in [0.25, 0.3) is 0 Å². The maximum atomic E-state index is 11.9. The predicted molar refractivity (Wildman–Crippen MR) is 78.5 cm³/mol. The molecule has 0 bridgehead atoms. The molecule has 1 aromatic rings. The highest BCUT2D eigenvalue weighted by Crippen LogP contribution is 2.29. The highest BCUT2D eigenvalue weighted by atomic mass is 32.1. The van der Waals surface area contributed by atoms with Gasteiger partial charge in [0.05, 0.1) is 0 Å². The molecule has 19 heavy (non-hydrogen) atoms. The van der Waals surface area contributed by atoms with E-state index in [1.807, 2.05) is 0 Å². The van der Waals surface area contributed by atoms with Crippen LogP contribution in [0, 0.1) is 0 Å². The Labute approximate surface area is 116 Å². The molecule has 1 aromatic heterocycles. The van der Waals surface area contributed by atoms with Gasteiger partial charge < -0.3 is 21.7 Å². The number of nitrogens with one attached hydrogen (secondary N) is 1. The molecule has 1 atom stereocenters. The maximum Gasteiger partial charge on any atom is 0.265 e. The Morgan fingerprint density at radius 3 is 3.16 bits per heavy atom. The quantitative estimate of drug-likeness (QED) is 0.701. The van der Waals surface area contributed by atoms with E-state index < -0.39 is 0 Å². The number of hydrogen-bond acceptors (Lipinski definition) is 6. The molecule has 1 fully saturated rings. The minimum atomic E-state index is -0.206. The third-order valence-corrected chi connectivity index (χ3v) is 4.11. The van der Waals surface area contributed by atoms with E-state index in [1.54, 1.807) is 6.08 Å². The standard InChI is InChI=1S/C12H19N5OS/c1-2-5-15-11(18)9-10(14)16-12(19-9)17-6-3-4-8(13)7-17/h2,8H,1,3-7,13-14H2,(H,15,18). The number of hydrogen-bond donors (Lipinski definition) is 3. The maximum absolute atomic E-state index is 11.9. The molecular weight excluding hydrogens is 262 g/mol. The van der Waals surface area contributed by atoms with Crippen molar-refractivity contribution < 1.29 is 4.79 Å². The van der Waals surface area contributed by atoms with Crippen LogP contribution in [0.15, 0.2) is 12.7 Å². The second kappa shape index (κ2) is 6.03. The molecule has 1 saturated heterocycles. The Kier molecular flexibility index (Phi) is 4.39. The van der Waals surface area contributed by atoms with Gasteiger partial charge in [-0.25, -0.2) is 4.98 Å². The second-order valence-corrected chi connectivity index (χ2v) is 5.54. The van der Waals surface area contributed by atoms with Crippen molar-refractivity contribution in [1.29, 1.82) is 0 Å². The smallest absolute Gasteiger partial charge is 0.265 e. The molecule has 0 aromatic carbocycles. The van der Waals surface area contributed by atoms with Crippen LogP contribution in [-0.2, 0) is 0 Å². The number of piperidine rings is 1. The van der Waals surface area contributed by atoms with Gasteiger partial charge in [0.1, 0.15) is 10.7 Å². The summed E-state index contributed by atoms with van der Waals surface area (Å²) in [5, 5.41) is 3.48. The number of nitrogen functional groups attached to an aromatic ring is 1. The summed E-state index contributed by atoms with van der Waals surface area (Å²) >= 11 is 1.31. The summed E-state index contributed by atoms with van der Waals surface area (Å²) in [5.41, 5.74) is 11.8. The first-order chi connectivity index (χ1) is 9.11. The van der Waals surface area contributed by atoms with E-state index in [0.29, 0.717) is 11.4 Å². The zero-order valence-corrected chi connectivity index (χ0v) is 11.6. The van der Waals surface area contributed by atoms with Crippen LogP contribution >= 0.6 is 11.3 Å². The summed E-state index contributed by atoms with van der Waals surface area (Å²) in [5.74, 6) is 0.0724. The highest BCUT2D eigenvalue weighted by Gasteiger charge is 2.23. The molecule has 104 valence electrons. The van der Waals surface area contributed by atoms with Gasteiger partial charge in [0.2, 0.25) is 0 Å². The first-order valence-electron chi connectivity index (χ1n) is 6.27. The summed E-state index contributed by atoms with van der Waals surface area (Å²) in [6, 6.07) is 0.164. The highest BCUT2D eigenvalue weighted by molar-refractivity contribution is 7.18. The minimum Gasteiger partial charge on any atom is -0.382 e. The Morgan fingerprint density at radius 1 is 1.68 bits per heavy atom. The van der Waals surface area contributed by atoms with E-state index in [-0.39, 0.29) is 17.8 Å². The van der Waals surface area contributed by atoms with E-state index in [0.717, 1.165) is 31.1 Å². The monoisotopic (exact) mass is 281 g/mol. The average molecular weight is 281 g/mol. The molecule has 0 saturated carbocycles. The summed E-state index contributed by atoms with van der Waals surface area (Å²) in [7, 11) is 0. The van der Waals surface area contributed by atoms with Crippen molar-refractivity contribution in [2.75, 3.05) is 30.3 Å². The van der Waals surface area contributed by atoms with Gasteiger partial charge in [-0.15, -0.1) is 6.58 Å². The van der Waals surface area contributed by atoms with Gasteiger partial charge in [-0.1, -0.05) is 17.4 Å². The lowest BCUT2D eigenvalue weighted by molar-refractivity contribution is 0.0962. The van der Waals surface area contributed by atoms with Crippen molar-refractivity contribution in [3.05, 3.63) is 17.5 Å². The van der Waals surface area contributed by atoms with Crippen LogP contribution in [0.5, 0.6) is 0 Å². The van der Waals surface area contributed by atoms with Crippen molar-refractivity contribution in [3.8, 4) is 0 Å². The first-order valence-corrected chi connectivity index (χ1v) is 7.09. The molecule has 1 aliphatic rings. The fraction of sp³-hybridized carbons (Fsp3) is 0.500. The number of amides is 1. The number of thiazole rings is 1. The summed E-state index contributed by atoms with van der Waals surface area (Å²) in [6.45, 7) is 5.65. The number of carbonyl (C=O) groups is 1. The largest absolute Gasteiger partial charge is 0.382 e. The van der Waals surface area contributed by atoms with Crippen LogP contribution in [0.3, 0.4) is 0 Å². The van der Waals surface area contributed by atoms with E-state index in [9.17, 15) is 4.79 Å². The van der Waals surface area contributed by atoms with Crippen LogP contribution in [0.4, 0.5) is 10.9 Å². The van der Waals surface area contributed by atoms with Gasteiger partial charge in [-0.3, -0.25) is 4.79 Å². The van der Waals surface area contributed by atoms with Crippen molar-refractivity contribution >= 4 is 28.2 Å². The summed E-state index contributed by atoms with van der Waals surface area (Å²) in [4.78, 5) is 18.7. The number of anilines is 2. The Bertz CT molecular complexity index is 473. The first kappa shape index (κ1) is 13.8. The molecule has 7 heteroatoms. The number of nitrogens with two attached hydrogens (primary N) is 2. The third-order valence-electron chi connectivity index (χ3n) is 2.98. The normalized spacial score (nSPS) is 19.2. The molecular formula is C12H19N5OS. The van der Waals surface area contributed by atoms with Crippen LogP contribution in [0.2, 0.25) is 0 Å². The molecule has 0 spiro atoms. The van der Waals surface area contributed by atoms with Gasteiger partial charge in [0.25, 0.3) is 5.91 Å². The number of aromatic nitrogens is 1. The van der Waals surface area contributed by atoms with Crippen molar-refractivity contribution in [3.63, 3.8) is 0 Å². The SMILES string of the molecule is C=CCNC(=O)c1sc(N2CCCC(N)C2)nc1N. The summed E-state index contributed by atoms with van der Waals surface area (Å²) in [6.07, 6.45) is 3.70. The molecule has 1 aliphatic heterocycles.